The van der Waals surface area contributed by atoms with Gasteiger partial charge < -0.3 is 24.3 Å². The number of carbonyl (C=O) groups is 2. The maximum absolute atomic E-state index is 14.5. The number of piperidine rings is 1. The Hall–Kier alpha value is -3.33. The van der Waals surface area contributed by atoms with E-state index in [1.807, 2.05) is 13.8 Å². The number of nitrogens with one attached hydrogen (secondary N) is 1. The second-order valence-electron chi connectivity index (χ2n) is 8.24. The summed E-state index contributed by atoms with van der Waals surface area (Å²) in [5.41, 5.74) is 1.50. The number of likely N-dealkylation sites (tertiary alicyclic amines) is 1. The van der Waals surface area contributed by atoms with Crippen molar-refractivity contribution in [2.75, 3.05) is 40.5 Å². The Labute approximate surface area is 205 Å². The first-order chi connectivity index (χ1) is 16.9. The van der Waals surface area contributed by atoms with Crippen molar-refractivity contribution in [2.45, 2.75) is 39.3 Å². The van der Waals surface area contributed by atoms with Crippen molar-refractivity contribution in [3.8, 4) is 17.2 Å². The topological polar surface area (TPSA) is 86.3 Å². The summed E-state index contributed by atoms with van der Waals surface area (Å²) in [5, 5.41) is 3.05. The van der Waals surface area contributed by atoms with Gasteiger partial charge in [-0.15, -0.1) is 0 Å². The molecule has 2 aromatic rings. The molecule has 0 saturated carbocycles. The standard InChI is InChI=1S/C26H33FN2O6/c1-5-34-22-11-17(12-23(24(22)27)35-6-2)16-29-9-7-20(8-10-29)28-25(30)18-13-19(26(31)33-4)15-21(14-18)32-3/h11-15,20H,5-10,16H2,1-4H3,(H,28,30). The molecule has 9 heteroatoms. The van der Waals surface area contributed by atoms with Gasteiger partial charge in [-0.1, -0.05) is 0 Å². The summed E-state index contributed by atoms with van der Waals surface area (Å²) >= 11 is 0. The third kappa shape index (κ3) is 6.85. The number of ether oxygens (including phenoxy) is 4. The summed E-state index contributed by atoms with van der Waals surface area (Å²) in [6, 6.07) is 8.06. The number of carbonyl (C=O) groups excluding carboxylic acids is 2. The van der Waals surface area contributed by atoms with Gasteiger partial charge in [0.1, 0.15) is 5.75 Å². The summed E-state index contributed by atoms with van der Waals surface area (Å²) in [6.45, 7) is 6.51. The molecular weight excluding hydrogens is 455 g/mol. The molecule has 8 nitrogen and oxygen atoms in total. The molecule has 1 amide bonds. The smallest absolute Gasteiger partial charge is 0.338 e. The lowest BCUT2D eigenvalue weighted by Gasteiger charge is -2.32. The van der Waals surface area contributed by atoms with Gasteiger partial charge in [0.25, 0.3) is 5.91 Å². The van der Waals surface area contributed by atoms with Crippen molar-refractivity contribution < 1.29 is 32.9 Å². The highest BCUT2D eigenvalue weighted by Gasteiger charge is 2.23. The molecule has 35 heavy (non-hydrogen) atoms. The summed E-state index contributed by atoms with van der Waals surface area (Å²) in [5.74, 6) is -0.488. The van der Waals surface area contributed by atoms with E-state index in [0.29, 0.717) is 31.1 Å². The highest BCUT2D eigenvalue weighted by Crippen LogP contribution is 2.30. The van der Waals surface area contributed by atoms with Gasteiger partial charge in [-0.05, 0) is 62.6 Å². The molecule has 1 heterocycles. The fourth-order valence-corrected chi connectivity index (χ4v) is 4.08. The first-order valence-electron chi connectivity index (χ1n) is 11.8. The first kappa shape index (κ1) is 26.3. The minimum atomic E-state index is -0.535. The fraction of sp³-hybridized carbons (Fsp3) is 0.462. The molecule has 1 aliphatic heterocycles. The average molecular weight is 489 g/mol. The van der Waals surface area contributed by atoms with Crippen LogP contribution in [0.4, 0.5) is 4.39 Å². The third-order valence-corrected chi connectivity index (χ3v) is 5.82. The van der Waals surface area contributed by atoms with Gasteiger partial charge in [-0.3, -0.25) is 9.69 Å². The van der Waals surface area contributed by atoms with Gasteiger partial charge in [0.2, 0.25) is 5.82 Å². The molecule has 0 aliphatic carbocycles. The molecule has 0 spiro atoms. The van der Waals surface area contributed by atoms with Crippen LogP contribution in [0, 0.1) is 5.82 Å². The minimum Gasteiger partial charge on any atom is -0.497 e. The lowest BCUT2D eigenvalue weighted by molar-refractivity contribution is 0.0600. The zero-order chi connectivity index (χ0) is 25.4. The predicted molar refractivity (Wildman–Crippen MR) is 129 cm³/mol. The lowest BCUT2D eigenvalue weighted by Crippen LogP contribution is -2.44. The molecule has 2 aromatic carbocycles. The summed E-state index contributed by atoms with van der Waals surface area (Å²) < 4.78 is 35.4. The second kappa shape index (κ2) is 12.4. The number of amides is 1. The molecule has 0 radical (unpaired) electrons. The van der Waals surface area contributed by atoms with E-state index in [-0.39, 0.29) is 29.0 Å². The Morgan fingerprint density at radius 2 is 1.57 bits per heavy atom. The van der Waals surface area contributed by atoms with Gasteiger partial charge in [0.05, 0.1) is 33.0 Å². The average Bonchev–Trinajstić information content (AvgIpc) is 2.87. The van der Waals surface area contributed by atoms with E-state index < -0.39 is 11.8 Å². The number of rotatable bonds is 10. The Kier molecular flexibility index (Phi) is 9.31. The van der Waals surface area contributed by atoms with E-state index in [2.05, 4.69) is 10.2 Å². The van der Waals surface area contributed by atoms with Crippen molar-refractivity contribution in [3.05, 3.63) is 52.8 Å². The van der Waals surface area contributed by atoms with E-state index in [4.69, 9.17) is 18.9 Å². The molecule has 1 aliphatic rings. The summed E-state index contributed by atoms with van der Waals surface area (Å²) in [6.07, 6.45) is 1.52. The van der Waals surface area contributed by atoms with Crippen molar-refractivity contribution in [1.29, 1.82) is 0 Å². The van der Waals surface area contributed by atoms with Crippen LogP contribution in [-0.2, 0) is 11.3 Å². The number of hydrogen-bond acceptors (Lipinski definition) is 7. The van der Waals surface area contributed by atoms with Crippen molar-refractivity contribution in [2.24, 2.45) is 0 Å². The number of halogens is 1. The molecule has 0 bridgehead atoms. The van der Waals surface area contributed by atoms with Crippen molar-refractivity contribution >= 4 is 11.9 Å². The number of esters is 1. The van der Waals surface area contributed by atoms with Crippen molar-refractivity contribution in [1.82, 2.24) is 10.2 Å². The van der Waals surface area contributed by atoms with Gasteiger partial charge in [0.15, 0.2) is 11.5 Å². The number of hydrogen-bond donors (Lipinski definition) is 1. The molecule has 190 valence electrons. The largest absolute Gasteiger partial charge is 0.497 e. The lowest BCUT2D eigenvalue weighted by atomic mass is 10.0. The monoisotopic (exact) mass is 488 g/mol. The molecule has 3 rings (SSSR count). The van der Waals surface area contributed by atoms with E-state index in [9.17, 15) is 14.0 Å². The third-order valence-electron chi connectivity index (χ3n) is 5.82. The Morgan fingerprint density at radius 1 is 0.971 bits per heavy atom. The second-order valence-corrected chi connectivity index (χ2v) is 8.24. The zero-order valence-electron chi connectivity index (χ0n) is 20.7. The highest BCUT2D eigenvalue weighted by atomic mass is 19.1. The van der Waals surface area contributed by atoms with E-state index >= 15 is 0 Å². The van der Waals surface area contributed by atoms with Crippen LogP contribution >= 0.6 is 0 Å². The fourth-order valence-electron chi connectivity index (χ4n) is 4.08. The van der Waals surface area contributed by atoms with Gasteiger partial charge in [-0.2, -0.15) is 4.39 Å². The summed E-state index contributed by atoms with van der Waals surface area (Å²) in [4.78, 5) is 27.0. The van der Waals surface area contributed by atoms with Crippen LogP contribution in [0.3, 0.4) is 0 Å². The minimum absolute atomic E-state index is 0.00211. The molecular formula is C26H33FN2O6. The first-order valence-corrected chi connectivity index (χ1v) is 11.8. The normalized spacial score (nSPS) is 14.3. The number of nitrogens with zero attached hydrogens (tertiary/aromatic N) is 1. The molecule has 1 saturated heterocycles. The Bertz CT molecular complexity index is 1010. The van der Waals surface area contributed by atoms with E-state index in [0.717, 1.165) is 31.5 Å². The van der Waals surface area contributed by atoms with Crippen LogP contribution in [0.1, 0.15) is 53.0 Å². The number of benzene rings is 2. The maximum atomic E-state index is 14.5. The molecule has 0 aromatic heterocycles. The van der Waals surface area contributed by atoms with Gasteiger partial charge in [-0.25, -0.2) is 4.79 Å². The SMILES string of the molecule is CCOc1cc(CN2CCC(NC(=O)c3cc(OC)cc(C(=O)OC)c3)CC2)cc(OCC)c1F. The summed E-state index contributed by atoms with van der Waals surface area (Å²) in [7, 11) is 2.76. The molecule has 1 fully saturated rings. The van der Waals surface area contributed by atoms with Gasteiger partial charge >= 0.3 is 5.97 Å². The van der Waals surface area contributed by atoms with Crippen LogP contribution in [0.25, 0.3) is 0 Å². The predicted octanol–water partition coefficient (Wildman–Crippen LogP) is 3.81. The van der Waals surface area contributed by atoms with E-state index in [1.165, 1.54) is 26.4 Å². The maximum Gasteiger partial charge on any atom is 0.338 e. The van der Waals surface area contributed by atoms with Crippen LogP contribution in [0.5, 0.6) is 17.2 Å². The van der Waals surface area contributed by atoms with Crippen LogP contribution < -0.4 is 19.5 Å². The van der Waals surface area contributed by atoms with Crippen molar-refractivity contribution in [3.63, 3.8) is 0 Å². The molecule has 0 unspecified atom stereocenters. The Morgan fingerprint density at radius 3 is 2.11 bits per heavy atom. The van der Waals surface area contributed by atoms with Crippen LogP contribution in [0.2, 0.25) is 0 Å². The Balaban J connectivity index is 1.61. The molecule has 1 N–H and O–H groups in total. The van der Waals surface area contributed by atoms with E-state index in [1.54, 1.807) is 18.2 Å². The van der Waals surface area contributed by atoms with Gasteiger partial charge in [0, 0.05) is 31.2 Å². The quantitative estimate of drug-likeness (QED) is 0.509. The molecule has 0 atom stereocenters. The zero-order valence-corrected chi connectivity index (χ0v) is 20.7. The highest BCUT2D eigenvalue weighted by molar-refractivity contribution is 5.98. The number of methoxy groups -OCH3 is 2. The van der Waals surface area contributed by atoms with Crippen LogP contribution in [0.15, 0.2) is 30.3 Å². The van der Waals surface area contributed by atoms with Crippen LogP contribution in [-0.4, -0.2) is 63.3 Å².